The quantitative estimate of drug-likeness (QED) is 0.674. The van der Waals surface area contributed by atoms with E-state index in [0.29, 0.717) is 10.6 Å². The number of rotatable bonds is 0. The molecule has 0 fully saturated rings. The first kappa shape index (κ1) is 8.37. The molecule has 0 saturated heterocycles. The molecule has 0 saturated carbocycles. The first-order valence-electron chi connectivity index (χ1n) is 3.64. The molecule has 1 unspecified atom stereocenters. The molecule has 1 atom stereocenters. The van der Waals surface area contributed by atoms with Crippen LogP contribution in [0.3, 0.4) is 0 Å². The summed E-state index contributed by atoms with van der Waals surface area (Å²) >= 11 is 0. The van der Waals surface area contributed by atoms with Crippen LogP contribution < -0.4 is 5.32 Å². The standard InChI is InChI=1S/C8H6FNO2S/c9-5-1-2-7-6(3-5)10-8(11)4-13(7)12/h1-3H,4H2,(H,10,11). The number of carbonyl (C=O) groups is 1. The minimum atomic E-state index is -1.33. The third kappa shape index (κ3) is 1.47. The number of hydrogen-bond acceptors (Lipinski definition) is 2. The van der Waals surface area contributed by atoms with Crippen molar-refractivity contribution in [1.29, 1.82) is 0 Å². The number of anilines is 1. The van der Waals surface area contributed by atoms with E-state index in [1.807, 2.05) is 0 Å². The zero-order valence-corrected chi connectivity index (χ0v) is 7.36. The largest absolute Gasteiger partial charge is 0.324 e. The molecule has 1 aliphatic heterocycles. The van der Waals surface area contributed by atoms with Crippen molar-refractivity contribution in [3.63, 3.8) is 0 Å². The summed E-state index contributed by atoms with van der Waals surface area (Å²) in [4.78, 5) is 11.4. The Hall–Kier alpha value is -1.23. The molecule has 5 heteroatoms. The molecule has 1 aliphatic rings. The van der Waals surface area contributed by atoms with E-state index >= 15 is 0 Å². The molecule has 0 aliphatic carbocycles. The SMILES string of the molecule is O=C1CS(=O)c2ccc(F)cc2N1. The molecule has 3 nitrogen and oxygen atoms in total. The van der Waals surface area contributed by atoms with E-state index in [9.17, 15) is 13.4 Å². The summed E-state index contributed by atoms with van der Waals surface area (Å²) in [7, 11) is -1.33. The highest BCUT2D eigenvalue weighted by atomic mass is 32.2. The van der Waals surface area contributed by atoms with E-state index in [0.717, 1.165) is 0 Å². The highest BCUT2D eigenvalue weighted by molar-refractivity contribution is 7.86. The molecule has 0 bridgehead atoms. The number of halogens is 1. The predicted octanol–water partition coefficient (Wildman–Crippen LogP) is 0.885. The van der Waals surface area contributed by atoms with E-state index in [2.05, 4.69) is 5.32 Å². The van der Waals surface area contributed by atoms with Gasteiger partial charge in [0.05, 0.1) is 21.4 Å². The monoisotopic (exact) mass is 199 g/mol. The summed E-state index contributed by atoms with van der Waals surface area (Å²) in [5, 5.41) is 2.46. The van der Waals surface area contributed by atoms with Gasteiger partial charge in [0, 0.05) is 0 Å². The molecule has 1 aromatic carbocycles. The zero-order valence-electron chi connectivity index (χ0n) is 6.54. The minimum Gasteiger partial charge on any atom is -0.324 e. The van der Waals surface area contributed by atoms with Crippen molar-refractivity contribution in [3.8, 4) is 0 Å². The van der Waals surface area contributed by atoms with Crippen molar-refractivity contribution < 1.29 is 13.4 Å². The van der Waals surface area contributed by atoms with Crippen LogP contribution in [0.25, 0.3) is 0 Å². The molecule has 1 heterocycles. The Morgan fingerprint density at radius 1 is 1.46 bits per heavy atom. The Balaban J connectivity index is 2.55. The van der Waals surface area contributed by atoms with Gasteiger partial charge in [-0.15, -0.1) is 0 Å². The van der Waals surface area contributed by atoms with E-state index in [4.69, 9.17) is 0 Å². The number of fused-ring (bicyclic) bond motifs is 1. The van der Waals surface area contributed by atoms with E-state index < -0.39 is 16.6 Å². The topological polar surface area (TPSA) is 46.2 Å². The maximum atomic E-state index is 12.7. The minimum absolute atomic E-state index is 0.0430. The van der Waals surface area contributed by atoms with E-state index in [1.54, 1.807) is 0 Å². The van der Waals surface area contributed by atoms with Gasteiger partial charge in [-0.1, -0.05) is 0 Å². The summed E-state index contributed by atoms with van der Waals surface area (Å²) in [5.74, 6) is -0.826. The van der Waals surface area contributed by atoms with Gasteiger partial charge in [-0.05, 0) is 18.2 Å². The smallest absolute Gasteiger partial charge is 0.237 e. The van der Waals surface area contributed by atoms with Crippen LogP contribution in [0.5, 0.6) is 0 Å². The van der Waals surface area contributed by atoms with Crippen LogP contribution in [0.15, 0.2) is 23.1 Å². The van der Waals surface area contributed by atoms with Gasteiger partial charge < -0.3 is 5.32 Å². The predicted molar refractivity (Wildman–Crippen MR) is 46.3 cm³/mol. The van der Waals surface area contributed by atoms with Gasteiger partial charge in [0.2, 0.25) is 5.91 Å². The Morgan fingerprint density at radius 3 is 3.00 bits per heavy atom. The fourth-order valence-corrected chi connectivity index (χ4v) is 2.22. The maximum absolute atomic E-state index is 12.7. The Morgan fingerprint density at radius 2 is 2.23 bits per heavy atom. The van der Waals surface area contributed by atoms with Crippen molar-refractivity contribution in [3.05, 3.63) is 24.0 Å². The van der Waals surface area contributed by atoms with Crippen LogP contribution in [-0.4, -0.2) is 15.9 Å². The number of carbonyl (C=O) groups excluding carboxylic acids is 1. The molecule has 13 heavy (non-hydrogen) atoms. The van der Waals surface area contributed by atoms with Crippen molar-refractivity contribution in [1.82, 2.24) is 0 Å². The third-order valence-corrected chi connectivity index (χ3v) is 3.09. The highest BCUT2D eigenvalue weighted by Crippen LogP contribution is 2.24. The highest BCUT2D eigenvalue weighted by Gasteiger charge is 2.21. The Labute approximate surface area is 76.4 Å². The molecule has 68 valence electrons. The van der Waals surface area contributed by atoms with Crippen LogP contribution in [0.1, 0.15) is 0 Å². The molecule has 1 aromatic rings. The van der Waals surface area contributed by atoms with Gasteiger partial charge in [0.25, 0.3) is 0 Å². The molecule has 1 amide bonds. The average molecular weight is 199 g/mol. The first-order valence-corrected chi connectivity index (χ1v) is 4.96. The van der Waals surface area contributed by atoms with Crippen molar-refractivity contribution in [2.75, 3.05) is 11.1 Å². The van der Waals surface area contributed by atoms with Crippen LogP contribution in [0.4, 0.5) is 10.1 Å². The molecule has 1 N–H and O–H groups in total. The van der Waals surface area contributed by atoms with Crippen LogP contribution in [0.2, 0.25) is 0 Å². The summed E-state index contributed by atoms with van der Waals surface area (Å²) < 4.78 is 24.0. The van der Waals surface area contributed by atoms with Crippen molar-refractivity contribution in [2.45, 2.75) is 4.90 Å². The number of hydrogen-bond donors (Lipinski definition) is 1. The van der Waals surface area contributed by atoms with Crippen molar-refractivity contribution >= 4 is 22.4 Å². The van der Waals surface area contributed by atoms with Crippen LogP contribution in [-0.2, 0) is 15.6 Å². The third-order valence-electron chi connectivity index (χ3n) is 1.72. The normalized spacial score (nSPS) is 20.7. The Bertz CT molecular complexity index is 405. The molecular formula is C8H6FNO2S. The second kappa shape index (κ2) is 2.92. The number of nitrogens with one attached hydrogen (secondary N) is 1. The van der Waals surface area contributed by atoms with Gasteiger partial charge in [0.1, 0.15) is 11.6 Å². The summed E-state index contributed by atoms with van der Waals surface area (Å²) in [6.45, 7) is 0. The Kier molecular flexibility index (Phi) is 1.88. The van der Waals surface area contributed by atoms with Crippen LogP contribution >= 0.6 is 0 Å². The number of benzene rings is 1. The van der Waals surface area contributed by atoms with Gasteiger partial charge in [0.15, 0.2) is 0 Å². The lowest BCUT2D eigenvalue weighted by atomic mass is 10.3. The molecule has 0 radical (unpaired) electrons. The lowest BCUT2D eigenvalue weighted by Crippen LogP contribution is -2.25. The lowest BCUT2D eigenvalue weighted by Gasteiger charge is -2.15. The molecule has 2 rings (SSSR count). The van der Waals surface area contributed by atoms with E-state index in [-0.39, 0.29) is 11.7 Å². The second-order valence-electron chi connectivity index (χ2n) is 2.68. The average Bonchev–Trinajstić information content (AvgIpc) is 2.02. The summed E-state index contributed by atoms with van der Waals surface area (Å²) in [5.41, 5.74) is 0.314. The zero-order chi connectivity index (χ0) is 9.42. The first-order chi connectivity index (χ1) is 6.16. The van der Waals surface area contributed by atoms with Gasteiger partial charge in [-0.3, -0.25) is 9.00 Å². The second-order valence-corrected chi connectivity index (χ2v) is 4.10. The van der Waals surface area contributed by atoms with Gasteiger partial charge in [-0.2, -0.15) is 0 Å². The van der Waals surface area contributed by atoms with Gasteiger partial charge in [-0.25, -0.2) is 4.39 Å². The molecule has 0 spiro atoms. The van der Waals surface area contributed by atoms with Crippen LogP contribution in [0, 0.1) is 5.82 Å². The van der Waals surface area contributed by atoms with Gasteiger partial charge >= 0.3 is 0 Å². The maximum Gasteiger partial charge on any atom is 0.237 e. The van der Waals surface area contributed by atoms with Crippen molar-refractivity contribution in [2.24, 2.45) is 0 Å². The number of amides is 1. The van der Waals surface area contributed by atoms with E-state index in [1.165, 1.54) is 18.2 Å². The molecular weight excluding hydrogens is 193 g/mol. The lowest BCUT2D eigenvalue weighted by molar-refractivity contribution is -0.113. The summed E-state index contributed by atoms with van der Waals surface area (Å²) in [6, 6.07) is 3.83. The summed E-state index contributed by atoms with van der Waals surface area (Å²) in [6.07, 6.45) is 0. The fourth-order valence-electron chi connectivity index (χ4n) is 1.18. The fraction of sp³-hybridized carbons (Fsp3) is 0.125. The molecule has 0 aromatic heterocycles.